The molecular formula is C47H35BN2O4. The second-order valence-electron chi connectivity index (χ2n) is 14.2. The molecule has 7 heteroatoms. The molecule has 6 nitrogen and oxygen atoms in total. The predicted molar refractivity (Wildman–Crippen MR) is 218 cm³/mol. The number of benzene rings is 7. The summed E-state index contributed by atoms with van der Waals surface area (Å²) < 4.78 is 25.2. The Bertz CT molecular complexity index is 2440. The zero-order valence-corrected chi connectivity index (χ0v) is 29.8. The molecule has 0 fully saturated rings. The van der Waals surface area contributed by atoms with Gasteiger partial charge >= 0.3 is 0 Å². The molecule has 0 saturated heterocycles. The van der Waals surface area contributed by atoms with Gasteiger partial charge in [-0.1, -0.05) is 97.1 Å². The van der Waals surface area contributed by atoms with Gasteiger partial charge in [-0.05, 0) is 99.7 Å². The van der Waals surface area contributed by atoms with Crippen LogP contribution in [0.4, 0.5) is 34.1 Å². The summed E-state index contributed by atoms with van der Waals surface area (Å²) >= 11 is 0. The van der Waals surface area contributed by atoms with Crippen molar-refractivity contribution in [3.05, 3.63) is 151 Å². The van der Waals surface area contributed by atoms with E-state index in [1.807, 2.05) is 12.1 Å². The molecule has 0 aromatic heterocycles. The summed E-state index contributed by atoms with van der Waals surface area (Å²) in [7, 11) is 0. The standard InChI is InChI=1S/C47H35BN2O4/c1-30-26-41-45-42(27-30)50(40-15-9-17-44-47(40)54-25-23-52-44)38-21-19-34(32-12-6-3-7-13-32)29-36(38)48(45)35-28-33(31-10-4-2-5-11-31)18-20-37(35)49(41)39-14-8-16-43-46(39)53-24-22-51-43/h2-21,26-29H,22-25H2,1H3. The second kappa shape index (κ2) is 12.2. The van der Waals surface area contributed by atoms with Gasteiger partial charge < -0.3 is 28.7 Å². The van der Waals surface area contributed by atoms with Crippen molar-refractivity contribution in [1.82, 2.24) is 0 Å². The molecule has 4 aliphatic heterocycles. The lowest BCUT2D eigenvalue weighted by molar-refractivity contribution is 0.172. The Morgan fingerprint density at radius 2 is 0.870 bits per heavy atom. The van der Waals surface area contributed by atoms with E-state index in [9.17, 15) is 0 Å². The second-order valence-corrected chi connectivity index (χ2v) is 14.2. The van der Waals surface area contributed by atoms with Crippen LogP contribution in [-0.4, -0.2) is 33.1 Å². The van der Waals surface area contributed by atoms with Gasteiger partial charge in [-0.2, -0.15) is 0 Å². The van der Waals surface area contributed by atoms with E-state index in [4.69, 9.17) is 18.9 Å². The minimum Gasteiger partial charge on any atom is -0.486 e. The van der Waals surface area contributed by atoms with E-state index in [2.05, 4.69) is 150 Å². The maximum atomic E-state index is 6.42. The molecule has 0 saturated carbocycles. The Morgan fingerprint density at radius 3 is 1.35 bits per heavy atom. The highest BCUT2D eigenvalue weighted by atomic mass is 16.6. The number of rotatable bonds is 4. The number of hydrogen-bond donors (Lipinski definition) is 0. The van der Waals surface area contributed by atoms with E-state index >= 15 is 0 Å². The maximum Gasteiger partial charge on any atom is 0.252 e. The van der Waals surface area contributed by atoms with Gasteiger partial charge in [0.05, 0.1) is 11.4 Å². The molecule has 7 aromatic rings. The van der Waals surface area contributed by atoms with E-state index in [0.29, 0.717) is 26.4 Å². The lowest BCUT2D eigenvalue weighted by Gasteiger charge is -2.45. The quantitative estimate of drug-likeness (QED) is 0.171. The van der Waals surface area contributed by atoms with Crippen molar-refractivity contribution in [2.24, 2.45) is 0 Å². The first-order valence-electron chi connectivity index (χ1n) is 18.6. The van der Waals surface area contributed by atoms with E-state index < -0.39 is 0 Å². The van der Waals surface area contributed by atoms with Gasteiger partial charge in [0.15, 0.2) is 23.0 Å². The molecule has 260 valence electrons. The van der Waals surface area contributed by atoms with Gasteiger partial charge in [0.25, 0.3) is 6.71 Å². The molecular weight excluding hydrogens is 667 g/mol. The lowest BCUT2D eigenvalue weighted by Crippen LogP contribution is -2.61. The van der Waals surface area contributed by atoms with Crippen LogP contribution in [0.15, 0.2) is 146 Å². The molecule has 4 aliphatic rings. The molecule has 0 N–H and O–H groups in total. The van der Waals surface area contributed by atoms with Crippen LogP contribution in [0.1, 0.15) is 5.56 Å². The zero-order chi connectivity index (χ0) is 35.8. The van der Waals surface area contributed by atoms with Crippen LogP contribution in [0.3, 0.4) is 0 Å². The van der Waals surface area contributed by atoms with Crippen LogP contribution in [0, 0.1) is 6.92 Å². The Kier molecular flexibility index (Phi) is 7.02. The molecule has 0 unspecified atom stereocenters. The van der Waals surface area contributed by atoms with E-state index in [1.165, 1.54) is 38.6 Å². The van der Waals surface area contributed by atoms with Crippen molar-refractivity contribution in [2.75, 3.05) is 36.2 Å². The Hall–Kier alpha value is -6.60. The summed E-state index contributed by atoms with van der Waals surface area (Å²) in [5.41, 5.74) is 15.9. The average molecular weight is 703 g/mol. The number of hydrogen-bond acceptors (Lipinski definition) is 6. The van der Waals surface area contributed by atoms with Crippen molar-refractivity contribution in [3.8, 4) is 45.3 Å². The fraction of sp³-hybridized carbons (Fsp3) is 0.106. The minimum absolute atomic E-state index is 0.0751. The van der Waals surface area contributed by atoms with Crippen molar-refractivity contribution >= 4 is 57.2 Å². The fourth-order valence-electron chi connectivity index (χ4n) is 8.75. The SMILES string of the molecule is Cc1cc2c3c(c1)N(c1cccc4c1OCCO4)c1ccc(-c4ccccc4)cc1B3c1cc(-c3ccccc3)ccc1N2c1cccc2c1OCCO2. The third-order valence-electron chi connectivity index (χ3n) is 11.0. The summed E-state index contributed by atoms with van der Waals surface area (Å²) in [4.78, 5) is 4.79. The molecule has 0 aliphatic carbocycles. The largest absolute Gasteiger partial charge is 0.486 e. The molecule has 4 heterocycles. The summed E-state index contributed by atoms with van der Waals surface area (Å²) in [6.07, 6.45) is 0. The first kappa shape index (κ1) is 31.0. The van der Waals surface area contributed by atoms with Gasteiger partial charge in [0.2, 0.25) is 0 Å². The van der Waals surface area contributed by atoms with Crippen LogP contribution in [0.2, 0.25) is 0 Å². The van der Waals surface area contributed by atoms with E-state index in [-0.39, 0.29) is 6.71 Å². The fourth-order valence-corrected chi connectivity index (χ4v) is 8.75. The Balaban J connectivity index is 1.24. The van der Waals surface area contributed by atoms with Crippen LogP contribution in [-0.2, 0) is 0 Å². The van der Waals surface area contributed by atoms with Crippen molar-refractivity contribution in [1.29, 1.82) is 0 Å². The van der Waals surface area contributed by atoms with Crippen molar-refractivity contribution in [2.45, 2.75) is 6.92 Å². The van der Waals surface area contributed by atoms with Crippen LogP contribution in [0.5, 0.6) is 23.0 Å². The Labute approximate surface area is 314 Å². The first-order chi connectivity index (χ1) is 26.7. The third-order valence-corrected chi connectivity index (χ3v) is 11.0. The summed E-state index contributed by atoms with van der Waals surface area (Å²) in [5, 5.41) is 0. The first-order valence-corrected chi connectivity index (χ1v) is 18.6. The number of aryl methyl sites for hydroxylation is 1. The van der Waals surface area contributed by atoms with E-state index in [0.717, 1.165) is 62.7 Å². The highest BCUT2D eigenvalue weighted by Crippen LogP contribution is 2.52. The van der Waals surface area contributed by atoms with Crippen molar-refractivity contribution in [3.63, 3.8) is 0 Å². The number of para-hydroxylation sites is 2. The molecule has 0 radical (unpaired) electrons. The highest BCUT2D eigenvalue weighted by molar-refractivity contribution is 7.00. The molecule has 54 heavy (non-hydrogen) atoms. The monoisotopic (exact) mass is 702 g/mol. The van der Waals surface area contributed by atoms with Crippen LogP contribution >= 0.6 is 0 Å². The average Bonchev–Trinajstić information content (AvgIpc) is 3.23. The number of nitrogens with zero attached hydrogens (tertiary/aromatic N) is 2. The molecule has 7 aromatic carbocycles. The Morgan fingerprint density at radius 1 is 0.407 bits per heavy atom. The maximum absolute atomic E-state index is 6.42. The van der Waals surface area contributed by atoms with Gasteiger partial charge in [-0.3, -0.25) is 0 Å². The summed E-state index contributed by atoms with van der Waals surface area (Å²) in [5.74, 6) is 3.05. The zero-order valence-electron chi connectivity index (χ0n) is 29.8. The normalized spacial score (nSPS) is 14.6. The number of anilines is 6. The van der Waals surface area contributed by atoms with Gasteiger partial charge in [0, 0.05) is 22.7 Å². The van der Waals surface area contributed by atoms with Gasteiger partial charge in [0.1, 0.15) is 26.4 Å². The summed E-state index contributed by atoms with van der Waals surface area (Å²) in [6, 6.07) is 52.3. The molecule has 0 spiro atoms. The number of ether oxygens (including phenoxy) is 4. The van der Waals surface area contributed by atoms with Crippen LogP contribution < -0.4 is 45.1 Å². The predicted octanol–water partition coefficient (Wildman–Crippen LogP) is 8.95. The smallest absolute Gasteiger partial charge is 0.252 e. The van der Waals surface area contributed by atoms with Gasteiger partial charge in [-0.25, -0.2) is 0 Å². The van der Waals surface area contributed by atoms with Crippen LogP contribution in [0.25, 0.3) is 22.3 Å². The summed E-state index contributed by atoms with van der Waals surface area (Å²) in [6.45, 7) is 4.16. The molecule has 0 atom stereocenters. The molecule has 0 bridgehead atoms. The lowest BCUT2D eigenvalue weighted by atomic mass is 9.33. The minimum atomic E-state index is -0.0751. The highest BCUT2D eigenvalue weighted by Gasteiger charge is 2.45. The molecule has 11 rings (SSSR count). The van der Waals surface area contributed by atoms with Gasteiger partial charge in [-0.15, -0.1) is 0 Å². The number of fused-ring (bicyclic) bond motifs is 6. The third kappa shape index (κ3) is 4.74. The van der Waals surface area contributed by atoms with E-state index in [1.54, 1.807) is 0 Å². The molecule has 0 amide bonds. The van der Waals surface area contributed by atoms with Crippen molar-refractivity contribution < 1.29 is 18.9 Å². The topological polar surface area (TPSA) is 43.4 Å².